The highest BCUT2D eigenvalue weighted by Crippen LogP contribution is 2.33. The summed E-state index contributed by atoms with van der Waals surface area (Å²) in [6.07, 6.45) is 8.52. The maximum absolute atomic E-state index is 4.48. The van der Waals surface area contributed by atoms with Gasteiger partial charge in [0.2, 0.25) is 0 Å². The van der Waals surface area contributed by atoms with Crippen LogP contribution in [0.1, 0.15) is 11.4 Å². The van der Waals surface area contributed by atoms with E-state index in [9.17, 15) is 0 Å². The lowest BCUT2D eigenvalue weighted by molar-refractivity contribution is 0.317. The lowest BCUT2D eigenvalue weighted by Gasteiger charge is -2.23. The van der Waals surface area contributed by atoms with Crippen LogP contribution in [0.4, 0.5) is 5.82 Å². The molecule has 23 heavy (non-hydrogen) atoms. The maximum atomic E-state index is 4.48. The fraction of sp³-hybridized carbons (Fsp3) is 0.588. The van der Waals surface area contributed by atoms with E-state index in [2.05, 4.69) is 43.3 Å². The lowest BCUT2D eigenvalue weighted by Crippen LogP contribution is -2.31. The van der Waals surface area contributed by atoms with E-state index < -0.39 is 0 Å². The number of hydrogen-bond acceptors (Lipinski definition) is 5. The molecule has 2 aromatic heterocycles. The molecule has 2 aliphatic rings. The summed E-state index contributed by atoms with van der Waals surface area (Å²) in [7, 11) is 2.07. The van der Waals surface area contributed by atoms with Crippen LogP contribution in [-0.4, -0.2) is 57.1 Å². The minimum atomic E-state index is 0.769. The smallest absolute Gasteiger partial charge is 0.134 e. The molecule has 0 N–H and O–H groups in total. The Hall–Kier alpha value is -1.95. The Morgan fingerprint density at radius 2 is 1.91 bits per heavy atom. The number of fused-ring (bicyclic) bond motifs is 1. The molecule has 4 rings (SSSR count). The Labute approximate surface area is 137 Å². The molecule has 0 spiro atoms. The van der Waals surface area contributed by atoms with Crippen LogP contribution in [0.3, 0.4) is 0 Å². The highest BCUT2D eigenvalue weighted by atomic mass is 15.3. The van der Waals surface area contributed by atoms with Crippen molar-refractivity contribution in [3.05, 3.63) is 36.3 Å². The highest BCUT2D eigenvalue weighted by Gasteiger charge is 2.40. The Morgan fingerprint density at radius 3 is 2.57 bits per heavy atom. The number of rotatable bonds is 4. The summed E-state index contributed by atoms with van der Waals surface area (Å²) < 4.78 is 2.12. The number of aryl methyl sites for hydroxylation is 2. The molecule has 2 aliphatic heterocycles. The van der Waals surface area contributed by atoms with Crippen LogP contribution in [0.25, 0.3) is 0 Å². The maximum Gasteiger partial charge on any atom is 0.134 e. The molecule has 0 radical (unpaired) electrons. The van der Waals surface area contributed by atoms with Crippen LogP contribution >= 0.6 is 0 Å². The zero-order valence-electron chi connectivity index (χ0n) is 13.9. The van der Waals surface area contributed by atoms with Gasteiger partial charge in [-0.05, 0) is 18.8 Å². The zero-order chi connectivity index (χ0) is 15.8. The molecule has 6 heteroatoms. The molecule has 2 fully saturated rings. The minimum Gasteiger partial charge on any atom is -0.356 e. The first kappa shape index (κ1) is 14.6. The topological polar surface area (TPSA) is 50.1 Å². The van der Waals surface area contributed by atoms with Crippen molar-refractivity contribution >= 4 is 5.82 Å². The number of likely N-dealkylation sites (tertiary alicyclic amines) is 1. The van der Waals surface area contributed by atoms with Crippen LogP contribution in [0, 0.1) is 18.8 Å². The largest absolute Gasteiger partial charge is 0.356 e. The van der Waals surface area contributed by atoms with Crippen molar-refractivity contribution in [2.75, 3.05) is 37.6 Å². The van der Waals surface area contributed by atoms with Crippen LogP contribution in [0.5, 0.6) is 0 Å². The van der Waals surface area contributed by atoms with Gasteiger partial charge in [0.1, 0.15) is 18.0 Å². The molecule has 2 saturated heterocycles. The van der Waals surface area contributed by atoms with Crippen molar-refractivity contribution < 1.29 is 0 Å². The van der Waals surface area contributed by atoms with Gasteiger partial charge in [-0.3, -0.25) is 0 Å². The molecule has 0 aromatic carbocycles. The minimum absolute atomic E-state index is 0.769. The summed E-state index contributed by atoms with van der Waals surface area (Å²) in [5.74, 6) is 3.84. The van der Waals surface area contributed by atoms with Crippen LogP contribution in [0.15, 0.2) is 24.9 Å². The molecular weight excluding hydrogens is 288 g/mol. The van der Waals surface area contributed by atoms with Crippen molar-refractivity contribution in [3.63, 3.8) is 0 Å². The Bertz CT molecular complexity index is 667. The van der Waals surface area contributed by atoms with E-state index in [4.69, 9.17) is 0 Å². The molecule has 6 nitrogen and oxygen atoms in total. The first-order valence-electron chi connectivity index (χ1n) is 8.41. The average Bonchev–Trinajstić information content (AvgIpc) is 3.20. The van der Waals surface area contributed by atoms with Crippen LogP contribution in [0.2, 0.25) is 0 Å². The fourth-order valence-electron chi connectivity index (χ4n) is 4.07. The molecule has 0 bridgehead atoms. The van der Waals surface area contributed by atoms with Crippen LogP contribution < -0.4 is 4.90 Å². The van der Waals surface area contributed by atoms with Gasteiger partial charge in [0.25, 0.3) is 0 Å². The second-order valence-electron chi connectivity index (χ2n) is 6.92. The quantitative estimate of drug-likeness (QED) is 0.847. The number of nitrogens with zero attached hydrogens (tertiary/aromatic N) is 6. The molecule has 0 aliphatic carbocycles. The van der Waals surface area contributed by atoms with Crippen molar-refractivity contribution in [1.29, 1.82) is 0 Å². The summed E-state index contributed by atoms with van der Waals surface area (Å²) >= 11 is 0. The normalized spacial score (nSPS) is 24.3. The third-order valence-corrected chi connectivity index (χ3v) is 5.30. The number of anilines is 1. The van der Waals surface area contributed by atoms with E-state index in [1.54, 1.807) is 6.33 Å². The summed E-state index contributed by atoms with van der Waals surface area (Å²) in [5.41, 5.74) is 1.18. The van der Waals surface area contributed by atoms with Crippen LogP contribution in [-0.2, 0) is 13.5 Å². The lowest BCUT2D eigenvalue weighted by atomic mass is 10.0. The monoisotopic (exact) mass is 312 g/mol. The van der Waals surface area contributed by atoms with Gasteiger partial charge >= 0.3 is 0 Å². The van der Waals surface area contributed by atoms with E-state index in [1.807, 2.05) is 18.6 Å². The molecule has 0 saturated carbocycles. The van der Waals surface area contributed by atoms with Gasteiger partial charge in [-0.1, -0.05) is 0 Å². The summed E-state index contributed by atoms with van der Waals surface area (Å²) in [6, 6.07) is 0. The Morgan fingerprint density at radius 1 is 1.13 bits per heavy atom. The Balaban J connectivity index is 1.33. The van der Waals surface area contributed by atoms with E-state index in [1.165, 1.54) is 24.5 Å². The summed E-state index contributed by atoms with van der Waals surface area (Å²) in [5, 5.41) is 0. The van der Waals surface area contributed by atoms with E-state index in [0.29, 0.717) is 0 Å². The van der Waals surface area contributed by atoms with Gasteiger partial charge in [-0.25, -0.2) is 15.0 Å². The highest BCUT2D eigenvalue weighted by molar-refractivity contribution is 5.46. The summed E-state index contributed by atoms with van der Waals surface area (Å²) in [6.45, 7) is 7.88. The molecule has 122 valence electrons. The van der Waals surface area contributed by atoms with E-state index in [-0.39, 0.29) is 0 Å². The SMILES string of the molecule is Cc1cncnc1N1CC2CN(CCc3nccn3C)CC2C1. The van der Waals surface area contributed by atoms with Crippen molar-refractivity contribution in [3.8, 4) is 0 Å². The van der Waals surface area contributed by atoms with Crippen molar-refractivity contribution in [2.24, 2.45) is 18.9 Å². The molecule has 2 aromatic rings. The van der Waals surface area contributed by atoms with E-state index in [0.717, 1.165) is 43.7 Å². The van der Waals surface area contributed by atoms with Crippen molar-refractivity contribution in [1.82, 2.24) is 24.4 Å². The molecule has 4 heterocycles. The second kappa shape index (κ2) is 5.92. The van der Waals surface area contributed by atoms with Gasteiger partial charge in [0.15, 0.2) is 0 Å². The van der Waals surface area contributed by atoms with Gasteiger partial charge in [-0.15, -0.1) is 0 Å². The first-order chi connectivity index (χ1) is 11.2. The van der Waals surface area contributed by atoms with Gasteiger partial charge in [0.05, 0.1) is 0 Å². The molecule has 0 amide bonds. The fourth-order valence-corrected chi connectivity index (χ4v) is 4.07. The average molecular weight is 312 g/mol. The van der Waals surface area contributed by atoms with Gasteiger partial charge in [0, 0.05) is 70.3 Å². The van der Waals surface area contributed by atoms with Gasteiger partial charge < -0.3 is 14.4 Å². The van der Waals surface area contributed by atoms with Crippen molar-refractivity contribution in [2.45, 2.75) is 13.3 Å². The molecule has 2 unspecified atom stereocenters. The summed E-state index contributed by atoms with van der Waals surface area (Å²) in [4.78, 5) is 18.1. The Kier molecular flexibility index (Phi) is 3.77. The second-order valence-corrected chi connectivity index (χ2v) is 6.92. The number of aromatic nitrogens is 4. The number of hydrogen-bond donors (Lipinski definition) is 0. The predicted molar refractivity (Wildman–Crippen MR) is 89.3 cm³/mol. The van der Waals surface area contributed by atoms with E-state index >= 15 is 0 Å². The third-order valence-electron chi connectivity index (χ3n) is 5.30. The zero-order valence-corrected chi connectivity index (χ0v) is 13.9. The number of imidazole rings is 1. The standard InChI is InChI=1S/C17H24N6/c1-13-7-18-12-20-17(13)23-10-14-8-22(9-15(14)11-23)5-3-16-19-4-6-21(16)2/h4,6-7,12,14-15H,3,5,8-11H2,1-2H3. The predicted octanol–water partition coefficient (Wildman–Crippen LogP) is 1.13. The van der Waals surface area contributed by atoms with Gasteiger partial charge in [-0.2, -0.15) is 0 Å². The molecule has 2 atom stereocenters. The first-order valence-corrected chi connectivity index (χ1v) is 8.41. The third kappa shape index (κ3) is 2.83. The molecular formula is C17H24N6.